The number of nitriles is 1. The van der Waals surface area contributed by atoms with Gasteiger partial charge >= 0.3 is 0 Å². The molecule has 0 radical (unpaired) electrons. The molecule has 0 bridgehead atoms. The summed E-state index contributed by atoms with van der Waals surface area (Å²) in [7, 11) is 0. The monoisotopic (exact) mass is 337 g/mol. The molecule has 3 aromatic rings. The Hall–Kier alpha value is -2.38. The Bertz CT molecular complexity index is 866. The Morgan fingerprint density at radius 3 is 2.76 bits per heavy atom. The van der Waals surface area contributed by atoms with Crippen LogP contribution in [-0.4, -0.2) is 4.98 Å². The second-order valence-corrected chi connectivity index (χ2v) is 5.58. The molecule has 1 N–H and O–H groups in total. The Balaban J connectivity index is 2.11. The molecule has 1 aromatic heterocycles. The molecule has 3 rings (SSSR count). The number of aromatic nitrogens is 1. The molecule has 21 heavy (non-hydrogen) atoms. The fraction of sp³-hybridized carbons (Fsp3) is 0.0588. The number of pyridine rings is 1. The zero-order chi connectivity index (χ0) is 14.8. The van der Waals surface area contributed by atoms with Crippen LogP contribution in [0.25, 0.3) is 10.9 Å². The predicted molar refractivity (Wildman–Crippen MR) is 88.6 cm³/mol. The van der Waals surface area contributed by atoms with Gasteiger partial charge in [-0.2, -0.15) is 5.26 Å². The molecule has 0 atom stereocenters. The highest BCUT2D eigenvalue weighted by molar-refractivity contribution is 9.10. The van der Waals surface area contributed by atoms with Crippen LogP contribution in [0.15, 0.2) is 53.0 Å². The highest BCUT2D eigenvalue weighted by Crippen LogP contribution is 2.28. The van der Waals surface area contributed by atoms with Crippen LogP contribution >= 0.6 is 15.9 Å². The Kier molecular flexibility index (Phi) is 3.59. The second-order valence-electron chi connectivity index (χ2n) is 4.73. The minimum atomic E-state index is 0.535. The summed E-state index contributed by atoms with van der Waals surface area (Å²) < 4.78 is 1.02. The normalized spacial score (nSPS) is 10.3. The third-order valence-electron chi connectivity index (χ3n) is 3.37. The van der Waals surface area contributed by atoms with Crippen LogP contribution in [0.1, 0.15) is 11.1 Å². The minimum Gasteiger partial charge on any atom is -0.339 e. The molecule has 0 aliphatic heterocycles. The van der Waals surface area contributed by atoms with Crippen LogP contribution in [0.3, 0.4) is 0 Å². The van der Waals surface area contributed by atoms with Gasteiger partial charge in [-0.1, -0.05) is 40.2 Å². The molecule has 102 valence electrons. The first-order valence-corrected chi connectivity index (χ1v) is 7.30. The van der Waals surface area contributed by atoms with Crippen molar-refractivity contribution in [2.75, 3.05) is 5.32 Å². The first-order valence-electron chi connectivity index (χ1n) is 6.51. The van der Waals surface area contributed by atoms with Crippen molar-refractivity contribution in [2.45, 2.75) is 6.92 Å². The highest BCUT2D eigenvalue weighted by Gasteiger charge is 2.09. The molecule has 0 saturated heterocycles. The SMILES string of the molecule is Cc1c(Br)cccc1Nc1nc2ccccc2cc1C#N. The average Bonchev–Trinajstić information content (AvgIpc) is 2.51. The van der Waals surface area contributed by atoms with Gasteiger partial charge in [-0.25, -0.2) is 4.98 Å². The van der Waals surface area contributed by atoms with Crippen molar-refractivity contribution in [3.63, 3.8) is 0 Å². The van der Waals surface area contributed by atoms with Crippen molar-refractivity contribution in [1.82, 2.24) is 4.98 Å². The van der Waals surface area contributed by atoms with Gasteiger partial charge in [-0.15, -0.1) is 0 Å². The van der Waals surface area contributed by atoms with E-state index in [-0.39, 0.29) is 0 Å². The molecular weight excluding hydrogens is 326 g/mol. The second kappa shape index (κ2) is 5.55. The molecule has 0 aliphatic rings. The van der Waals surface area contributed by atoms with Crippen molar-refractivity contribution >= 4 is 38.3 Å². The van der Waals surface area contributed by atoms with E-state index < -0.39 is 0 Å². The number of hydrogen-bond donors (Lipinski definition) is 1. The van der Waals surface area contributed by atoms with Gasteiger partial charge in [0.05, 0.1) is 11.1 Å². The Morgan fingerprint density at radius 2 is 1.95 bits per heavy atom. The Morgan fingerprint density at radius 1 is 1.14 bits per heavy atom. The summed E-state index contributed by atoms with van der Waals surface area (Å²) >= 11 is 3.51. The molecule has 3 nitrogen and oxygen atoms in total. The molecule has 0 amide bonds. The van der Waals surface area contributed by atoms with Gasteiger partial charge in [0.2, 0.25) is 0 Å². The Labute approximate surface area is 131 Å². The molecule has 0 aliphatic carbocycles. The lowest BCUT2D eigenvalue weighted by atomic mass is 10.1. The van der Waals surface area contributed by atoms with Crippen molar-refractivity contribution in [3.05, 3.63) is 64.1 Å². The van der Waals surface area contributed by atoms with Gasteiger partial charge in [-0.05, 0) is 36.8 Å². The van der Waals surface area contributed by atoms with E-state index in [0.29, 0.717) is 11.4 Å². The zero-order valence-electron chi connectivity index (χ0n) is 11.4. The number of rotatable bonds is 2. The summed E-state index contributed by atoms with van der Waals surface area (Å²) in [5.41, 5.74) is 3.42. The lowest BCUT2D eigenvalue weighted by Crippen LogP contribution is -1.99. The van der Waals surface area contributed by atoms with E-state index >= 15 is 0 Å². The third-order valence-corrected chi connectivity index (χ3v) is 4.22. The van der Waals surface area contributed by atoms with Gasteiger partial charge in [0.1, 0.15) is 11.9 Å². The number of halogens is 1. The summed E-state index contributed by atoms with van der Waals surface area (Å²) in [6.45, 7) is 2.01. The van der Waals surface area contributed by atoms with Crippen molar-refractivity contribution in [3.8, 4) is 6.07 Å². The number of anilines is 2. The zero-order valence-corrected chi connectivity index (χ0v) is 13.0. The van der Waals surface area contributed by atoms with Crippen LogP contribution in [0.5, 0.6) is 0 Å². The lowest BCUT2D eigenvalue weighted by Gasteiger charge is -2.12. The van der Waals surface area contributed by atoms with Gasteiger partial charge in [0, 0.05) is 15.5 Å². The van der Waals surface area contributed by atoms with E-state index in [0.717, 1.165) is 26.6 Å². The van der Waals surface area contributed by atoms with Crippen molar-refractivity contribution < 1.29 is 0 Å². The first kappa shape index (κ1) is 13.6. The summed E-state index contributed by atoms with van der Waals surface area (Å²) in [5, 5.41) is 13.6. The summed E-state index contributed by atoms with van der Waals surface area (Å²) in [6, 6.07) is 17.7. The molecule has 0 fully saturated rings. The van der Waals surface area contributed by atoms with Gasteiger partial charge in [0.25, 0.3) is 0 Å². The fourth-order valence-electron chi connectivity index (χ4n) is 2.17. The van der Waals surface area contributed by atoms with E-state index in [1.54, 1.807) is 0 Å². The number of benzene rings is 2. The third kappa shape index (κ3) is 2.61. The average molecular weight is 338 g/mol. The maximum Gasteiger partial charge on any atom is 0.149 e. The van der Waals surface area contributed by atoms with Gasteiger partial charge in [0.15, 0.2) is 0 Å². The van der Waals surface area contributed by atoms with Crippen LogP contribution < -0.4 is 5.32 Å². The quantitative estimate of drug-likeness (QED) is 0.721. The predicted octanol–water partition coefficient (Wildman–Crippen LogP) is 4.92. The molecule has 0 unspecified atom stereocenters. The van der Waals surface area contributed by atoms with Crippen LogP contribution in [-0.2, 0) is 0 Å². The topological polar surface area (TPSA) is 48.7 Å². The van der Waals surface area contributed by atoms with Gasteiger partial charge < -0.3 is 5.32 Å². The molecular formula is C17H12BrN3. The number of para-hydroxylation sites is 1. The van der Waals surface area contributed by atoms with E-state index in [4.69, 9.17) is 0 Å². The van der Waals surface area contributed by atoms with Gasteiger partial charge in [-0.3, -0.25) is 0 Å². The maximum absolute atomic E-state index is 9.34. The summed E-state index contributed by atoms with van der Waals surface area (Å²) in [4.78, 5) is 4.56. The van der Waals surface area contributed by atoms with Crippen molar-refractivity contribution in [2.24, 2.45) is 0 Å². The van der Waals surface area contributed by atoms with Crippen LogP contribution in [0.2, 0.25) is 0 Å². The van der Waals surface area contributed by atoms with Crippen LogP contribution in [0.4, 0.5) is 11.5 Å². The summed E-state index contributed by atoms with van der Waals surface area (Å²) in [5.74, 6) is 0.581. The van der Waals surface area contributed by atoms with E-state index in [1.807, 2.05) is 55.5 Å². The number of nitrogens with one attached hydrogen (secondary N) is 1. The standard InChI is InChI=1S/C17H12BrN3/c1-11-14(18)6-4-8-15(11)20-17-13(10-19)9-12-5-2-3-7-16(12)21-17/h2-9H,1H3,(H,20,21). The highest BCUT2D eigenvalue weighted by atomic mass is 79.9. The van der Waals surface area contributed by atoms with Crippen molar-refractivity contribution in [1.29, 1.82) is 5.26 Å². The molecule has 0 saturated carbocycles. The minimum absolute atomic E-state index is 0.535. The largest absolute Gasteiger partial charge is 0.339 e. The molecule has 1 heterocycles. The molecule has 0 spiro atoms. The maximum atomic E-state index is 9.34. The molecule has 2 aromatic carbocycles. The van der Waals surface area contributed by atoms with Crippen LogP contribution in [0, 0.1) is 18.3 Å². The van der Waals surface area contributed by atoms with E-state index in [1.165, 1.54) is 0 Å². The number of nitrogens with zero attached hydrogens (tertiary/aromatic N) is 2. The number of fused-ring (bicyclic) bond motifs is 1. The molecule has 4 heteroatoms. The van der Waals surface area contributed by atoms with E-state index in [2.05, 4.69) is 32.3 Å². The summed E-state index contributed by atoms with van der Waals surface area (Å²) in [6.07, 6.45) is 0. The lowest BCUT2D eigenvalue weighted by molar-refractivity contribution is 1.32. The van der Waals surface area contributed by atoms with E-state index in [9.17, 15) is 5.26 Å². The first-order chi connectivity index (χ1) is 10.2. The number of hydrogen-bond acceptors (Lipinski definition) is 3. The fourth-order valence-corrected chi connectivity index (χ4v) is 2.53. The smallest absolute Gasteiger partial charge is 0.149 e.